The molecule has 0 spiro atoms. The van der Waals surface area contributed by atoms with Crippen LogP contribution >= 0.6 is 0 Å². The lowest BCUT2D eigenvalue weighted by Crippen LogP contribution is -2.44. The van der Waals surface area contributed by atoms with Crippen LogP contribution in [-0.4, -0.2) is 52.7 Å². The number of likely N-dealkylation sites (N-methyl/N-ethyl adjacent to an activating group) is 1. The summed E-state index contributed by atoms with van der Waals surface area (Å²) in [6.07, 6.45) is 5.34. The first-order chi connectivity index (χ1) is 14.6. The predicted octanol–water partition coefficient (Wildman–Crippen LogP) is 3.58. The van der Waals surface area contributed by atoms with Crippen molar-refractivity contribution in [3.8, 4) is 0 Å². The summed E-state index contributed by atoms with van der Waals surface area (Å²) < 4.78 is 2.29. The Labute approximate surface area is 178 Å². The smallest absolute Gasteiger partial charge is 0.126 e. The molecule has 6 nitrogen and oxygen atoms in total. The van der Waals surface area contributed by atoms with E-state index in [-0.39, 0.29) is 6.04 Å². The largest absolute Gasteiger partial charge is 0.367 e. The van der Waals surface area contributed by atoms with Gasteiger partial charge in [0, 0.05) is 39.4 Å². The first kappa shape index (κ1) is 19.5. The summed E-state index contributed by atoms with van der Waals surface area (Å²) in [6.45, 7) is 6.48. The molecule has 2 saturated heterocycles. The van der Waals surface area contributed by atoms with Gasteiger partial charge in [0.15, 0.2) is 0 Å². The number of aromatic nitrogens is 3. The number of nitrogens with one attached hydrogen (secondary N) is 1. The van der Waals surface area contributed by atoms with E-state index in [1.54, 1.807) is 0 Å². The third kappa shape index (κ3) is 3.48. The number of aryl methyl sites for hydroxylation is 2. The van der Waals surface area contributed by atoms with Crippen molar-refractivity contribution in [2.75, 3.05) is 38.1 Å². The lowest BCUT2D eigenvalue weighted by molar-refractivity contribution is 0.311. The number of imidazole rings is 1. The first-order valence-electron chi connectivity index (χ1n) is 11.2. The van der Waals surface area contributed by atoms with Crippen LogP contribution in [0.3, 0.4) is 0 Å². The molecule has 6 heteroatoms. The highest BCUT2D eigenvalue weighted by atomic mass is 15.3. The van der Waals surface area contributed by atoms with Crippen LogP contribution in [0.5, 0.6) is 0 Å². The molecule has 0 amide bonds. The van der Waals surface area contributed by atoms with Gasteiger partial charge in [0.2, 0.25) is 0 Å². The number of benzene rings is 1. The van der Waals surface area contributed by atoms with E-state index in [0.29, 0.717) is 6.04 Å². The van der Waals surface area contributed by atoms with Crippen LogP contribution in [0.25, 0.3) is 11.0 Å². The van der Waals surface area contributed by atoms with Crippen molar-refractivity contribution in [1.82, 2.24) is 24.8 Å². The molecular formula is C24H32N6. The van der Waals surface area contributed by atoms with E-state index in [2.05, 4.69) is 70.0 Å². The highest BCUT2D eigenvalue weighted by Gasteiger charge is 2.29. The highest BCUT2D eigenvalue weighted by molar-refractivity contribution is 5.89. The minimum Gasteiger partial charge on any atom is -0.367 e. The van der Waals surface area contributed by atoms with E-state index in [0.717, 1.165) is 50.4 Å². The van der Waals surface area contributed by atoms with E-state index >= 15 is 0 Å². The molecule has 2 atom stereocenters. The van der Waals surface area contributed by atoms with Crippen molar-refractivity contribution in [1.29, 1.82) is 0 Å². The Bertz CT molecular complexity index is 1030. The van der Waals surface area contributed by atoms with Gasteiger partial charge in [0.1, 0.15) is 11.3 Å². The molecule has 1 N–H and O–H groups in total. The number of para-hydroxylation sites is 1. The first-order valence-corrected chi connectivity index (χ1v) is 11.2. The zero-order valence-corrected chi connectivity index (χ0v) is 18.3. The molecule has 30 heavy (non-hydrogen) atoms. The van der Waals surface area contributed by atoms with Crippen molar-refractivity contribution in [2.24, 2.45) is 7.05 Å². The van der Waals surface area contributed by atoms with Gasteiger partial charge in [-0.2, -0.15) is 0 Å². The molecule has 2 fully saturated rings. The van der Waals surface area contributed by atoms with Gasteiger partial charge in [0.05, 0.1) is 29.0 Å². The Kier molecular flexibility index (Phi) is 5.21. The Morgan fingerprint density at radius 2 is 1.77 bits per heavy atom. The zero-order chi connectivity index (χ0) is 20.7. The summed E-state index contributed by atoms with van der Waals surface area (Å²) in [4.78, 5) is 14.8. The minimum absolute atomic E-state index is 0.253. The topological polar surface area (TPSA) is 49.2 Å². The molecule has 2 aliphatic heterocycles. The minimum atomic E-state index is 0.253. The van der Waals surface area contributed by atoms with Gasteiger partial charge in [-0.3, -0.25) is 10.3 Å². The Morgan fingerprint density at radius 1 is 0.967 bits per heavy atom. The SMILES string of the molecule is Cc1cccnc1C1CCCC(c2nc3c(N4CCN(C)CC4)cccc3n2C)N1. The average Bonchev–Trinajstić information content (AvgIpc) is 3.12. The van der Waals surface area contributed by atoms with Gasteiger partial charge in [-0.15, -0.1) is 0 Å². The van der Waals surface area contributed by atoms with E-state index in [1.807, 2.05) is 12.3 Å². The number of hydrogen-bond acceptors (Lipinski definition) is 5. The van der Waals surface area contributed by atoms with Gasteiger partial charge in [-0.25, -0.2) is 4.98 Å². The third-order valence-electron chi connectivity index (χ3n) is 6.85. The number of piperazine rings is 1. The van der Waals surface area contributed by atoms with Crippen LogP contribution in [0.1, 0.15) is 48.4 Å². The van der Waals surface area contributed by atoms with Gasteiger partial charge in [-0.05, 0) is 57.0 Å². The lowest BCUT2D eigenvalue weighted by atomic mass is 9.94. The normalized spacial score (nSPS) is 23.2. The fourth-order valence-corrected chi connectivity index (χ4v) is 5.05. The number of pyridine rings is 1. The predicted molar refractivity (Wildman–Crippen MR) is 122 cm³/mol. The van der Waals surface area contributed by atoms with Crippen molar-refractivity contribution in [2.45, 2.75) is 38.3 Å². The summed E-state index contributed by atoms with van der Waals surface area (Å²) in [5.74, 6) is 1.14. The summed E-state index contributed by atoms with van der Waals surface area (Å²) in [7, 11) is 4.36. The molecule has 1 aromatic carbocycles. The maximum Gasteiger partial charge on any atom is 0.126 e. The second-order valence-electron chi connectivity index (χ2n) is 8.87. The van der Waals surface area contributed by atoms with Crippen molar-refractivity contribution in [3.05, 3.63) is 53.6 Å². The van der Waals surface area contributed by atoms with E-state index in [9.17, 15) is 0 Å². The number of hydrogen-bond donors (Lipinski definition) is 1. The summed E-state index contributed by atoms with van der Waals surface area (Å²) >= 11 is 0. The molecule has 0 radical (unpaired) electrons. The highest BCUT2D eigenvalue weighted by Crippen LogP contribution is 2.35. The van der Waals surface area contributed by atoms with Gasteiger partial charge in [0.25, 0.3) is 0 Å². The molecule has 2 aliphatic rings. The number of anilines is 1. The standard InChI is InChI=1S/C24H32N6/c1-17-7-6-12-25-22(17)18-8-4-9-19(26-18)24-27-23-20(29(24)3)10-5-11-21(23)30-15-13-28(2)14-16-30/h5-7,10-12,18-19,26H,4,8-9,13-16H2,1-3H3. The van der Waals surface area contributed by atoms with Crippen LogP contribution in [0.15, 0.2) is 36.5 Å². The fourth-order valence-electron chi connectivity index (χ4n) is 5.05. The molecule has 4 heterocycles. The molecule has 5 rings (SSSR count). The van der Waals surface area contributed by atoms with Crippen molar-refractivity contribution in [3.63, 3.8) is 0 Å². The summed E-state index contributed by atoms with van der Waals surface area (Å²) in [5, 5.41) is 3.87. The molecule has 3 aromatic rings. The van der Waals surface area contributed by atoms with Crippen LogP contribution in [-0.2, 0) is 7.05 Å². The van der Waals surface area contributed by atoms with Crippen molar-refractivity contribution < 1.29 is 0 Å². The second-order valence-corrected chi connectivity index (χ2v) is 8.87. The van der Waals surface area contributed by atoms with Gasteiger partial charge in [-0.1, -0.05) is 12.1 Å². The van der Waals surface area contributed by atoms with Crippen LogP contribution in [0.2, 0.25) is 0 Å². The Hall–Kier alpha value is -2.44. The summed E-state index contributed by atoms with van der Waals surface area (Å²) in [6, 6.07) is 11.3. The quantitative estimate of drug-likeness (QED) is 0.723. The van der Waals surface area contributed by atoms with E-state index < -0.39 is 0 Å². The second kappa shape index (κ2) is 8.00. The van der Waals surface area contributed by atoms with Crippen molar-refractivity contribution >= 4 is 16.7 Å². The zero-order valence-electron chi connectivity index (χ0n) is 18.3. The third-order valence-corrected chi connectivity index (χ3v) is 6.85. The molecule has 158 valence electrons. The molecular weight excluding hydrogens is 372 g/mol. The average molecular weight is 405 g/mol. The Morgan fingerprint density at radius 3 is 2.57 bits per heavy atom. The maximum atomic E-state index is 5.21. The van der Waals surface area contributed by atoms with Crippen LogP contribution in [0.4, 0.5) is 5.69 Å². The summed E-state index contributed by atoms with van der Waals surface area (Å²) in [5.41, 5.74) is 6.07. The van der Waals surface area contributed by atoms with E-state index in [1.165, 1.54) is 28.9 Å². The van der Waals surface area contributed by atoms with Gasteiger partial charge < -0.3 is 14.4 Å². The fraction of sp³-hybridized carbons (Fsp3) is 0.500. The van der Waals surface area contributed by atoms with E-state index in [4.69, 9.17) is 4.98 Å². The molecule has 0 bridgehead atoms. The van der Waals surface area contributed by atoms with Crippen LogP contribution in [0, 0.1) is 6.92 Å². The number of rotatable bonds is 3. The lowest BCUT2D eigenvalue weighted by Gasteiger charge is -2.34. The molecule has 2 unspecified atom stereocenters. The Balaban J connectivity index is 1.46. The number of piperidine rings is 1. The number of nitrogens with zero attached hydrogens (tertiary/aromatic N) is 5. The molecule has 0 aliphatic carbocycles. The van der Waals surface area contributed by atoms with Gasteiger partial charge >= 0.3 is 0 Å². The number of fused-ring (bicyclic) bond motifs is 1. The van der Waals surface area contributed by atoms with Crippen LogP contribution < -0.4 is 10.2 Å². The molecule has 2 aromatic heterocycles. The molecule has 0 saturated carbocycles. The monoisotopic (exact) mass is 404 g/mol. The maximum absolute atomic E-state index is 5.21.